The van der Waals surface area contributed by atoms with Crippen LogP contribution >= 0.6 is 31.9 Å². The van der Waals surface area contributed by atoms with Crippen LogP contribution < -0.4 is 10.1 Å². The summed E-state index contributed by atoms with van der Waals surface area (Å²) >= 11 is 6.81. The number of hydrogen-bond donors (Lipinski definition) is 1. The topological polar surface area (TPSA) is 38.3 Å². The van der Waals surface area contributed by atoms with Gasteiger partial charge in [-0.1, -0.05) is 37.9 Å². The number of benzene rings is 2. The SMILES string of the molecule is COc1ccc(Br)cc1NC(=O)c1ccc(C)c(Br)c1. The Kier molecular flexibility index (Phi) is 4.83. The number of halogens is 2. The molecule has 2 aromatic rings. The second-order valence-electron chi connectivity index (χ2n) is 4.26. The summed E-state index contributed by atoms with van der Waals surface area (Å²) in [6.45, 7) is 1.98. The first-order valence-corrected chi connectivity index (χ1v) is 7.51. The van der Waals surface area contributed by atoms with Gasteiger partial charge in [0, 0.05) is 14.5 Å². The van der Waals surface area contributed by atoms with E-state index in [1.165, 1.54) is 0 Å². The van der Waals surface area contributed by atoms with E-state index in [2.05, 4.69) is 37.2 Å². The number of ether oxygens (including phenoxy) is 1. The average Bonchev–Trinajstić information content (AvgIpc) is 2.42. The van der Waals surface area contributed by atoms with Crippen LogP contribution in [-0.2, 0) is 0 Å². The van der Waals surface area contributed by atoms with E-state index in [1.54, 1.807) is 31.4 Å². The van der Waals surface area contributed by atoms with Gasteiger partial charge in [0.05, 0.1) is 12.8 Å². The molecule has 3 nitrogen and oxygen atoms in total. The minimum Gasteiger partial charge on any atom is -0.495 e. The first-order chi connectivity index (χ1) is 9.51. The van der Waals surface area contributed by atoms with Gasteiger partial charge >= 0.3 is 0 Å². The maximum Gasteiger partial charge on any atom is 0.255 e. The fourth-order valence-corrected chi connectivity index (χ4v) is 2.45. The third-order valence-electron chi connectivity index (χ3n) is 2.84. The molecule has 2 rings (SSSR count). The van der Waals surface area contributed by atoms with E-state index < -0.39 is 0 Å². The Morgan fingerprint density at radius 2 is 1.90 bits per heavy atom. The summed E-state index contributed by atoms with van der Waals surface area (Å²) in [4.78, 5) is 12.3. The van der Waals surface area contributed by atoms with E-state index in [4.69, 9.17) is 4.74 Å². The van der Waals surface area contributed by atoms with Crippen LogP contribution in [0.25, 0.3) is 0 Å². The van der Waals surface area contributed by atoms with Gasteiger partial charge in [-0.3, -0.25) is 4.79 Å². The number of hydrogen-bond acceptors (Lipinski definition) is 2. The fraction of sp³-hybridized carbons (Fsp3) is 0.133. The van der Waals surface area contributed by atoms with Crippen LogP contribution in [0, 0.1) is 6.92 Å². The summed E-state index contributed by atoms with van der Waals surface area (Å²) in [6.07, 6.45) is 0. The van der Waals surface area contributed by atoms with Crippen molar-refractivity contribution < 1.29 is 9.53 Å². The van der Waals surface area contributed by atoms with Crippen molar-refractivity contribution in [3.8, 4) is 5.75 Å². The molecule has 0 radical (unpaired) electrons. The zero-order valence-electron chi connectivity index (χ0n) is 11.0. The molecule has 0 heterocycles. The number of nitrogens with one attached hydrogen (secondary N) is 1. The number of amides is 1. The molecule has 1 N–H and O–H groups in total. The van der Waals surface area contributed by atoms with Crippen LogP contribution in [0.4, 0.5) is 5.69 Å². The van der Waals surface area contributed by atoms with Crippen molar-refractivity contribution in [2.24, 2.45) is 0 Å². The molecule has 0 spiro atoms. The highest BCUT2D eigenvalue weighted by molar-refractivity contribution is 9.10. The van der Waals surface area contributed by atoms with Gasteiger partial charge in [0.2, 0.25) is 0 Å². The first-order valence-electron chi connectivity index (χ1n) is 5.92. The molecule has 20 heavy (non-hydrogen) atoms. The number of rotatable bonds is 3. The highest BCUT2D eigenvalue weighted by Gasteiger charge is 2.11. The van der Waals surface area contributed by atoms with Crippen LogP contribution in [0.3, 0.4) is 0 Å². The summed E-state index contributed by atoms with van der Waals surface area (Å²) in [5.74, 6) is 0.440. The van der Waals surface area contributed by atoms with Gasteiger partial charge < -0.3 is 10.1 Å². The number of aryl methyl sites for hydroxylation is 1. The van der Waals surface area contributed by atoms with Crippen LogP contribution in [0.15, 0.2) is 45.3 Å². The Labute approximate surface area is 134 Å². The van der Waals surface area contributed by atoms with Crippen molar-refractivity contribution in [3.63, 3.8) is 0 Å². The van der Waals surface area contributed by atoms with Crippen molar-refractivity contribution in [2.75, 3.05) is 12.4 Å². The van der Waals surface area contributed by atoms with Crippen LogP contribution in [-0.4, -0.2) is 13.0 Å². The van der Waals surface area contributed by atoms with E-state index >= 15 is 0 Å². The van der Waals surface area contributed by atoms with Crippen molar-refractivity contribution in [1.82, 2.24) is 0 Å². The predicted molar refractivity (Wildman–Crippen MR) is 87.5 cm³/mol. The van der Waals surface area contributed by atoms with Crippen LogP contribution in [0.5, 0.6) is 5.75 Å². The highest BCUT2D eigenvalue weighted by atomic mass is 79.9. The minimum atomic E-state index is -0.179. The third-order valence-corrected chi connectivity index (χ3v) is 4.19. The minimum absolute atomic E-state index is 0.179. The Hall–Kier alpha value is -1.33. The zero-order chi connectivity index (χ0) is 14.7. The van der Waals surface area contributed by atoms with Gasteiger partial charge in [-0.15, -0.1) is 0 Å². The molecule has 0 saturated heterocycles. The average molecular weight is 399 g/mol. The predicted octanol–water partition coefficient (Wildman–Crippen LogP) is 4.78. The number of anilines is 1. The quantitative estimate of drug-likeness (QED) is 0.807. The molecule has 5 heteroatoms. The molecule has 2 aromatic carbocycles. The summed E-state index contributed by atoms with van der Waals surface area (Å²) in [5, 5.41) is 2.85. The molecule has 0 bridgehead atoms. The van der Waals surface area contributed by atoms with Gasteiger partial charge in [-0.25, -0.2) is 0 Å². The van der Waals surface area contributed by atoms with Gasteiger partial charge in [-0.2, -0.15) is 0 Å². The molecular formula is C15H13Br2NO2. The van der Waals surface area contributed by atoms with Gasteiger partial charge in [0.1, 0.15) is 5.75 Å². The smallest absolute Gasteiger partial charge is 0.255 e. The van der Waals surface area contributed by atoms with Crippen LogP contribution in [0.1, 0.15) is 15.9 Å². The van der Waals surface area contributed by atoms with Gasteiger partial charge in [-0.05, 0) is 42.8 Å². The van der Waals surface area contributed by atoms with E-state index in [0.29, 0.717) is 17.0 Å². The normalized spacial score (nSPS) is 10.2. The summed E-state index contributed by atoms with van der Waals surface area (Å²) in [6, 6.07) is 11.0. The second-order valence-corrected chi connectivity index (χ2v) is 6.03. The zero-order valence-corrected chi connectivity index (χ0v) is 14.2. The summed E-state index contributed by atoms with van der Waals surface area (Å²) in [5.41, 5.74) is 2.30. The molecule has 0 aliphatic rings. The van der Waals surface area contributed by atoms with Gasteiger partial charge in [0.15, 0.2) is 0 Å². The Morgan fingerprint density at radius 1 is 1.15 bits per heavy atom. The third kappa shape index (κ3) is 3.41. The molecule has 0 aliphatic heterocycles. The second kappa shape index (κ2) is 6.41. The van der Waals surface area contributed by atoms with Crippen molar-refractivity contribution in [3.05, 3.63) is 56.5 Å². The maximum atomic E-state index is 12.3. The van der Waals surface area contributed by atoms with E-state index in [9.17, 15) is 4.79 Å². The number of methoxy groups -OCH3 is 1. The summed E-state index contributed by atoms with van der Waals surface area (Å²) in [7, 11) is 1.57. The maximum absolute atomic E-state index is 12.3. The monoisotopic (exact) mass is 397 g/mol. The largest absolute Gasteiger partial charge is 0.495 e. The first kappa shape index (κ1) is 15.1. The lowest BCUT2D eigenvalue weighted by atomic mass is 10.1. The molecule has 104 valence electrons. The lowest BCUT2D eigenvalue weighted by Crippen LogP contribution is -2.12. The number of carbonyl (C=O) groups excluding carboxylic acids is 1. The Morgan fingerprint density at radius 3 is 2.55 bits per heavy atom. The van der Waals surface area contributed by atoms with E-state index in [-0.39, 0.29) is 5.91 Å². The molecule has 1 amide bonds. The molecule has 0 atom stereocenters. The lowest BCUT2D eigenvalue weighted by Gasteiger charge is -2.11. The fourth-order valence-electron chi connectivity index (χ4n) is 1.71. The van der Waals surface area contributed by atoms with Crippen molar-refractivity contribution in [2.45, 2.75) is 6.92 Å². The lowest BCUT2D eigenvalue weighted by molar-refractivity contribution is 0.102. The highest BCUT2D eigenvalue weighted by Crippen LogP contribution is 2.28. The molecule has 0 fully saturated rings. The molecule has 0 unspecified atom stereocenters. The van der Waals surface area contributed by atoms with Crippen LogP contribution in [0.2, 0.25) is 0 Å². The van der Waals surface area contributed by atoms with Crippen molar-refractivity contribution in [1.29, 1.82) is 0 Å². The number of carbonyl (C=O) groups is 1. The molecule has 0 aromatic heterocycles. The van der Waals surface area contributed by atoms with E-state index in [0.717, 1.165) is 14.5 Å². The molecule has 0 aliphatic carbocycles. The molecule has 0 saturated carbocycles. The van der Waals surface area contributed by atoms with E-state index in [1.807, 2.05) is 19.1 Å². The van der Waals surface area contributed by atoms with Crippen molar-refractivity contribution >= 4 is 43.5 Å². The van der Waals surface area contributed by atoms with Gasteiger partial charge in [0.25, 0.3) is 5.91 Å². The summed E-state index contributed by atoms with van der Waals surface area (Å²) < 4.78 is 7.02. The standard InChI is InChI=1S/C15H13Br2NO2/c1-9-3-4-10(7-12(9)17)15(19)18-13-8-11(16)5-6-14(13)20-2/h3-8H,1-2H3,(H,18,19). The Balaban J connectivity index is 2.27. The Bertz CT molecular complexity index is 656. The molecular weight excluding hydrogens is 386 g/mol.